The molecule has 0 saturated heterocycles. The number of rotatable bonds is 4. The molecule has 4 rings (SSSR count). The fourth-order valence-corrected chi connectivity index (χ4v) is 4.13. The first-order valence-corrected chi connectivity index (χ1v) is 10.1. The Balaban J connectivity index is 0.000000227. The molecule has 3 N–H and O–H groups in total. The van der Waals surface area contributed by atoms with Crippen LogP contribution in [0.4, 0.5) is 0 Å². The van der Waals surface area contributed by atoms with E-state index in [2.05, 4.69) is 20.3 Å². The van der Waals surface area contributed by atoms with E-state index in [0.717, 1.165) is 12.8 Å². The summed E-state index contributed by atoms with van der Waals surface area (Å²) in [6, 6.07) is 1.69. The van der Waals surface area contributed by atoms with Crippen LogP contribution in [0.15, 0.2) is 36.3 Å². The second-order valence-electron chi connectivity index (χ2n) is 7.70. The number of hydrogen-bond donors (Lipinski definition) is 3. The van der Waals surface area contributed by atoms with Gasteiger partial charge in [-0.05, 0) is 30.9 Å². The molecule has 1 aromatic carbocycles. The summed E-state index contributed by atoms with van der Waals surface area (Å²) < 4.78 is 0. The summed E-state index contributed by atoms with van der Waals surface area (Å²) in [4.78, 5) is 76.5. The summed E-state index contributed by atoms with van der Waals surface area (Å²) in [6.07, 6.45) is 2.02. The second kappa shape index (κ2) is 9.94. The zero-order valence-corrected chi connectivity index (χ0v) is 20.7. The average molecular weight is 464 g/mol. The van der Waals surface area contributed by atoms with Crippen LogP contribution in [0.2, 0.25) is 0 Å². The number of aromatic nitrogens is 2. The number of amidine groups is 1. The maximum Gasteiger partial charge on any atom is 1.00 e. The van der Waals surface area contributed by atoms with Crippen LogP contribution < -0.4 is 62.2 Å². The topological polar surface area (TPSA) is 181 Å². The summed E-state index contributed by atoms with van der Waals surface area (Å²) in [5, 5.41) is 13.6. The van der Waals surface area contributed by atoms with E-state index < -0.39 is 45.5 Å². The Kier molecular flexibility index (Phi) is 7.94. The quantitative estimate of drug-likeness (QED) is 0.261. The molecule has 3 heterocycles. The van der Waals surface area contributed by atoms with Crippen molar-refractivity contribution in [3.05, 3.63) is 53.5 Å². The molecule has 0 radical (unpaired) electrons. The van der Waals surface area contributed by atoms with Crippen molar-refractivity contribution in [1.29, 1.82) is 0 Å². The van der Waals surface area contributed by atoms with E-state index in [1.54, 1.807) is 6.92 Å². The van der Waals surface area contributed by atoms with Gasteiger partial charge in [0, 0.05) is 0 Å². The molecule has 2 amide bonds. The average Bonchev–Trinajstić information content (AvgIpc) is 3.16. The van der Waals surface area contributed by atoms with Crippen molar-refractivity contribution in [3.63, 3.8) is 0 Å². The summed E-state index contributed by atoms with van der Waals surface area (Å²) in [5.41, 5.74) is -3.33. The molecular weight excluding hydrogens is 443 g/mol. The SMILES string of the molecule is CCCC(C)C1(CC)C(=O)N=C([O-])NC1=O.O=c1[nH]c(=O)c2cc3c(=O)[nH]c(=O)c3cc12.[Na+]. The Bertz CT molecular complexity index is 1320. The maximum atomic E-state index is 11.9. The predicted octanol–water partition coefficient (Wildman–Crippen LogP) is -3.84. The standard InChI is InChI=1S/C11H18N2O3.C10H4N2O4.Na/c1-4-6-7(3)11(5-2)8(14)12-10(16)13-9(11)15;13-7-3-1-4-6(10(16)12-8(4)14)2-5(3)9(15)11-7;/h7H,4-6H2,1-3H3,(H2,12,13,14,15,16);1-2H,(H,11,13,15)(H,12,14,16);/q;;+1/p-1. The molecule has 2 unspecified atom stereocenters. The number of carbonyl (C=O) groups is 2. The van der Waals surface area contributed by atoms with E-state index in [9.17, 15) is 33.9 Å². The van der Waals surface area contributed by atoms with Crippen LogP contribution in [0.1, 0.15) is 40.0 Å². The van der Waals surface area contributed by atoms with Crippen molar-refractivity contribution in [2.45, 2.75) is 40.0 Å². The third kappa shape index (κ3) is 4.48. The van der Waals surface area contributed by atoms with E-state index in [1.807, 2.05) is 13.8 Å². The Morgan fingerprint density at radius 3 is 1.64 bits per heavy atom. The number of benzene rings is 1. The number of fused-ring (bicyclic) bond motifs is 2. The van der Waals surface area contributed by atoms with Gasteiger partial charge in [0.1, 0.15) is 5.41 Å². The number of H-pyrrole nitrogens is 2. The van der Waals surface area contributed by atoms with Gasteiger partial charge >= 0.3 is 29.6 Å². The number of carbonyl (C=O) groups excluding carboxylic acids is 2. The van der Waals surface area contributed by atoms with Crippen molar-refractivity contribution < 1.29 is 44.3 Å². The molecule has 0 aliphatic carbocycles. The molecule has 1 aliphatic rings. The van der Waals surface area contributed by atoms with Gasteiger partial charge in [0.25, 0.3) is 28.1 Å². The number of hydrogen-bond acceptors (Lipinski definition) is 7. The molecule has 33 heavy (non-hydrogen) atoms. The van der Waals surface area contributed by atoms with Gasteiger partial charge in [-0.3, -0.25) is 38.7 Å². The number of amides is 2. The molecule has 0 bridgehead atoms. The van der Waals surface area contributed by atoms with E-state index in [0.29, 0.717) is 6.42 Å². The molecular formula is C21H21N4NaO7. The van der Waals surface area contributed by atoms with Gasteiger partial charge in [-0.15, -0.1) is 0 Å². The molecule has 3 aromatic rings. The fraction of sp³-hybridized carbons (Fsp3) is 0.381. The molecule has 2 atom stereocenters. The first-order valence-electron chi connectivity index (χ1n) is 10.1. The zero-order valence-electron chi connectivity index (χ0n) is 18.7. The van der Waals surface area contributed by atoms with Crippen molar-refractivity contribution in [2.24, 2.45) is 16.3 Å². The van der Waals surface area contributed by atoms with Gasteiger partial charge in [0.2, 0.25) is 5.91 Å². The number of nitrogens with one attached hydrogen (secondary N) is 3. The summed E-state index contributed by atoms with van der Waals surface area (Å²) >= 11 is 0. The van der Waals surface area contributed by atoms with Crippen LogP contribution in [0, 0.1) is 11.3 Å². The number of aliphatic imine (C=N–C) groups is 1. The molecule has 1 aliphatic heterocycles. The third-order valence-corrected chi connectivity index (χ3v) is 5.92. The van der Waals surface area contributed by atoms with Crippen molar-refractivity contribution in [1.82, 2.24) is 15.3 Å². The summed E-state index contributed by atoms with van der Waals surface area (Å²) in [6.45, 7) is 5.62. The predicted molar refractivity (Wildman–Crippen MR) is 115 cm³/mol. The third-order valence-electron chi connectivity index (χ3n) is 5.92. The van der Waals surface area contributed by atoms with E-state index in [4.69, 9.17) is 0 Å². The van der Waals surface area contributed by atoms with E-state index in [1.165, 1.54) is 12.1 Å². The van der Waals surface area contributed by atoms with Gasteiger partial charge in [0.15, 0.2) is 0 Å². The van der Waals surface area contributed by atoms with Crippen LogP contribution in [-0.2, 0) is 9.59 Å². The molecule has 2 aromatic heterocycles. The van der Waals surface area contributed by atoms with Crippen molar-refractivity contribution in [2.75, 3.05) is 0 Å². The molecule has 0 spiro atoms. The minimum Gasteiger partial charge on any atom is -0.846 e. The van der Waals surface area contributed by atoms with Gasteiger partial charge < -0.3 is 10.4 Å². The normalized spacial score (nSPS) is 18.8. The zero-order chi connectivity index (χ0) is 23.8. The summed E-state index contributed by atoms with van der Waals surface area (Å²) in [5.74, 6) is -1.20. The van der Waals surface area contributed by atoms with Crippen LogP contribution in [0.5, 0.6) is 0 Å². The molecule has 168 valence electrons. The van der Waals surface area contributed by atoms with Crippen molar-refractivity contribution in [3.8, 4) is 0 Å². The number of nitrogens with zero attached hydrogens (tertiary/aromatic N) is 1. The number of aromatic amines is 2. The first-order chi connectivity index (χ1) is 15.1. The van der Waals surface area contributed by atoms with Crippen LogP contribution >= 0.6 is 0 Å². The molecule has 0 fully saturated rings. The maximum absolute atomic E-state index is 11.9. The molecule has 0 saturated carbocycles. The minimum absolute atomic E-state index is 0. The monoisotopic (exact) mass is 464 g/mol. The minimum atomic E-state index is -1.15. The Morgan fingerprint density at radius 2 is 1.30 bits per heavy atom. The molecule has 11 nitrogen and oxygen atoms in total. The van der Waals surface area contributed by atoms with Gasteiger partial charge in [0.05, 0.1) is 27.6 Å². The fourth-order valence-electron chi connectivity index (χ4n) is 4.13. The summed E-state index contributed by atoms with van der Waals surface area (Å²) in [7, 11) is 0. The van der Waals surface area contributed by atoms with Gasteiger partial charge in [-0.2, -0.15) is 0 Å². The van der Waals surface area contributed by atoms with Crippen molar-refractivity contribution >= 4 is 39.4 Å². The Labute approximate surface area is 208 Å². The van der Waals surface area contributed by atoms with E-state index >= 15 is 0 Å². The second-order valence-corrected chi connectivity index (χ2v) is 7.70. The van der Waals surface area contributed by atoms with Gasteiger partial charge in [-0.1, -0.05) is 27.2 Å². The largest absolute Gasteiger partial charge is 1.00 e. The van der Waals surface area contributed by atoms with E-state index in [-0.39, 0.29) is 57.0 Å². The Hall–Kier alpha value is -2.89. The van der Waals surface area contributed by atoms with Gasteiger partial charge in [-0.25, -0.2) is 4.99 Å². The van der Waals surface area contributed by atoms with Crippen LogP contribution in [-0.4, -0.2) is 27.8 Å². The smallest absolute Gasteiger partial charge is 0.846 e. The Morgan fingerprint density at radius 1 is 0.879 bits per heavy atom. The van der Waals surface area contributed by atoms with Crippen LogP contribution in [0.25, 0.3) is 21.5 Å². The first kappa shape index (κ1) is 26.4. The van der Waals surface area contributed by atoms with Crippen LogP contribution in [0.3, 0.4) is 0 Å². The molecule has 12 heteroatoms.